The van der Waals surface area contributed by atoms with Crippen LogP contribution < -0.4 is 15.4 Å². The number of ether oxygens (including phenoxy) is 1. The number of hydrogen-bond donors (Lipinski definition) is 3. The molecule has 3 rings (SSSR count). The molecule has 0 saturated carbocycles. The van der Waals surface area contributed by atoms with Crippen molar-refractivity contribution >= 4 is 11.6 Å². The lowest BCUT2D eigenvalue weighted by atomic mass is 9.99. The molecular formula is C19H22N2O3. The number of nitrogens with one attached hydrogen (secondary N) is 2. The van der Waals surface area contributed by atoms with E-state index in [9.17, 15) is 9.90 Å². The lowest BCUT2D eigenvalue weighted by molar-refractivity contribution is -0.117. The minimum atomic E-state index is -0.816. The van der Waals surface area contributed by atoms with Crippen LogP contribution >= 0.6 is 0 Å². The van der Waals surface area contributed by atoms with E-state index in [1.807, 2.05) is 48.5 Å². The van der Waals surface area contributed by atoms with Crippen LogP contribution in [0.5, 0.6) is 5.75 Å². The van der Waals surface area contributed by atoms with Crippen LogP contribution in [0.3, 0.4) is 0 Å². The zero-order valence-electron chi connectivity index (χ0n) is 13.7. The van der Waals surface area contributed by atoms with E-state index in [2.05, 4.69) is 10.6 Å². The summed E-state index contributed by atoms with van der Waals surface area (Å²) in [6.45, 7) is 0.869. The number of carbonyl (C=O) groups is 1. The van der Waals surface area contributed by atoms with Crippen LogP contribution in [0.4, 0.5) is 5.69 Å². The maximum atomic E-state index is 12.3. The average Bonchev–Trinajstić information content (AvgIpc) is 3.16. The molecule has 0 aliphatic carbocycles. The van der Waals surface area contributed by atoms with E-state index in [1.54, 1.807) is 7.11 Å². The summed E-state index contributed by atoms with van der Waals surface area (Å²) in [6.07, 6.45) is 1.03. The second-order valence-corrected chi connectivity index (χ2v) is 5.90. The fourth-order valence-corrected chi connectivity index (χ4v) is 2.94. The monoisotopic (exact) mass is 326 g/mol. The van der Waals surface area contributed by atoms with Gasteiger partial charge in [-0.2, -0.15) is 0 Å². The minimum absolute atomic E-state index is 0.0538. The van der Waals surface area contributed by atoms with E-state index in [-0.39, 0.29) is 11.9 Å². The Labute approximate surface area is 141 Å². The van der Waals surface area contributed by atoms with Gasteiger partial charge in [-0.25, -0.2) is 0 Å². The summed E-state index contributed by atoms with van der Waals surface area (Å²) in [6, 6.07) is 14.4. The van der Waals surface area contributed by atoms with Crippen molar-refractivity contribution in [2.45, 2.75) is 25.0 Å². The highest BCUT2D eigenvalue weighted by Crippen LogP contribution is 2.29. The van der Waals surface area contributed by atoms with Gasteiger partial charge in [0.25, 0.3) is 0 Å². The number of carbonyl (C=O) groups excluding carboxylic acids is 1. The van der Waals surface area contributed by atoms with Crippen LogP contribution in [0.25, 0.3) is 0 Å². The number of amides is 1. The highest BCUT2D eigenvalue weighted by Gasteiger charge is 2.23. The summed E-state index contributed by atoms with van der Waals surface area (Å²) in [7, 11) is 1.60. The molecule has 2 aromatic carbocycles. The largest absolute Gasteiger partial charge is 0.497 e. The molecular weight excluding hydrogens is 304 g/mol. The van der Waals surface area contributed by atoms with Gasteiger partial charge >= 0.3 is 0 Å². The first-order chi connectivity index (χ1) is 11.7. The van der Waals surface area contributed by atoms with Crippen LogP contribution in [-0.2, 0) is 4.79 Å². The van der Waals surface area contributed by atoms with Crippen molar-refractivity contribution in [1.29, 1.82) is 0 Å². The van der Waals surface area contributed by atoms with Gasteiger partial charge in [0, 0.05) is 11.3 Å². The minimum Gasteiger partial charge on any atom is -0.497 e. The molecule has 1 amide bonds. The Kier molecular flexibility index (Phi) is 5.13. The number of aliphatic hydroxyl groups excluding tert-OH is 1. The number of anilines is 1. The third-order valence-corrected chi connectivity index (χ3v) is 4.32. The Morgan fingerprint density at radius 1 is 1.25 bits per heavy atom. The topological polar surface area (TPSA) is 70.6 Å². The van der Waals surface area contributed by atoms with Gasteiger partial charge in [0.15, 0.2) is 0 Å². The lowest BCUT2D eigenvalue weighted by Gasteiger charge is -2.18. The summed E-state index contributed by atoms with van der Waals surface area (Å²) in [5, 5.41) is 16.8. The van der Waals surface area contributed by atoms with Crippen LogP contribution in [0.2, 0.25) is 0 Å². The molecule has 0 aromatic heterocycles. The molecule has 126 valence electrons. The molecule has 1 aliphatic rings. The molecule has 3 N–H and O–H groups in total. The van der Waals surface area contributed by atoms with Gasteiger partial charge in [0.05, 0.1) is 13.2 Å². The normalized spacial score (nSPS) is 18.2. The van der Waals surface area contributed by atoms with Gasteiger partial charge in [-0.3, -0.25) is 4.79 Å². The van der Waals surface area contributed by atoms with Crippen molar-refractivity contribution in [3.63, 3.8) is 0 Å². The number of para-hydroxylation sites is 1. The molecule has 24 heavy (non-hydrogen) atoms. The van der Waals surface area contributed by atoms with Gasteiger partial charge in [-0.15, -0.1) is 0 Å². The molecule has 0 radical (unpaired) electrons. The fourth-order valence-electron chi connectivity index (χ4n) is 2.94. The molecule has 0 spiro atoms. The van der Waals surface area contributed by atoms with Crippen LogP contribution in [0, 0.1) is 0 Å². The summed E-state index contributed by atoms with van der Waals surface area (Å²) in [5.74, 6) is 0.682. The zero-order chi connectivity index (χ0) is 16.9. The van der Waals surface area contributed by atoms with E-state index < -0.39 is 6.10 Å². The Morgan fingerprint density at radius 3 is 2.67 bits per heavy atom. The van der Waals surface area contributed by atoms with Gasteiger partial charge in [-0.1, -0.05) is 30.3 Å². The summed E-state index contributed by atoms with van der Waals surface area (Å²) in [5.41, 5.74) is 2.06. The van der Waals surface area contributed by atoms with E-state index in [1.165, 1.54) is 0 Å². The molecule has 1 fully saturated rings. The van der Waals surface area contributed by atoms with Gasteiger partial charge in [0.1, 0.15) is 11.9 Å². The Balaban J connectivity index is 1.80. The first kappa shape index (κ1) is 16.5. The van der Waals surface area contributed by atoms with Crippen molar-refractivity contribution in [3.8, 4) is 5.75 Å². The third kappa shape index (κ3) is 3.58. The van der Waals surface area contributed by atoms with Crippen LogP contribution in [-0.4, -0.2) is 30.7 Å². The summed E-state index contributed by atoms with van der Waals surface area (Å²) < 4.78 is 5.14. The van der Waals surface area contributed by atoms with Crippen molar-refractivity contribution in [2.24, 2.45) is 0 Å². The predicted octanol–water partition coefficient (Wildman–Crippen LogP) is 2.47. The highest BCUT2D eigenvalue weighted by molar-refractivity contribution is 5.95. The summed E-state index contributed by atoms with van der Waals surface area (Å²) >= 11 is 0. The molecule has 0 bridgehead atoms. The molecule has 1 heterocycles. The van der Waals surface area contributed by atoms with E-state index in [0.717, 1.165) is 30.7 Å². The number of aliphatic hydroxyl groups is 1. The van der Waals surface area contributed by atoms with Crippen molar-refractivity contribution in [3.05, 3.63) is 59.7 Å². The first-order valence-corrected chi connectivity index (χ1v) is 8.14. The van der Waals surface area contributed by atoms with Crippen molar-refractivity contribution < 1.29 is 14.6 Å². The highest BCUT2D eigenvalue weighted by atomic mass is 16.5. The number of hydrogen-bond acceptors (Lipinski definition) is 4. The predicted molar refractivity (Wildman–Crippen MR) is 93.2 cm³/mol. The van der Waals surface area contributed by atoms with Crippen LogP contribution in [0.15, 0.2) is 48.5 Å². The summed E-state index contributed by atoms with van der Waals surface area (Å²) in [4.78, 5) is 12.3. The maximum Gasteiger partial charge on any atom is 0.241 e. The van der Waals surface area contributed by atoms with E-state index in [0.29, 0.717) is 11.3 Å². The average molecular weight is 326 g/mol. The van der Waals surface area contributed by atoms with E-state index >= 15 is 0 Å². The van der Waals surface area contributed by atoms with Crippen molar-refractivity contribution in [2.75, 3.05) is 19.0 Å². The molecule has 1 aliphatic heterocycles. The second-order valence-electron chi connectivity index (χ2n) is 5.90. The maximum absolute atomic E-state index is 12.3. The first-order valence-electron chi connectivity index (χ1n) is 8.14. The lowest BCUT2D eigenvalue weighted by Crippen LogP contribution is -2.35. The van der Waals surface area contributed by atoms with Gasteiger partial charge in [0.2, 0.25) is 5.91 Å². The molecule has 1 unspecified atom stereocenters. The smallest absolute Gasteiger partial charge is 0.241 e. The number of benzene rings is 2. The molecule has 2 atom stereocenters. The molecule has 2 aromatic rings. The third-order valence-electron chi connectivity index (χ3n) is 4.32. The Morgan fingerprint density at radius 2 is 2.00 bits per heavy atom. The molecule has 5 nitrogen and oxygen atoms in total. The fraction of sp³-hybridized carbons (Fsp3) is 0.316. The van der Waals surface area contributed by atoms with Crippen molar-refractivity contribution in [1.82, 2.24) is 5.32 Å². The van der Waals surface area contributed by atoms with Crippen LogP contribution in [0.1, 0.15) is 30.1 Å². The number of methoxy groups -OCH3 is 1. The SMILES string of the molecule is COc1ccc(C(O)c2ccccc2NC(=O)[C@@H]2CCCN2)cc1. The Hall–Kier alpha value is -2.37. The van der Waals surface area contributed by atoms with Gasteiger partial charge < -0.3 is 20.5 Å². The number of rotatable bonds is 5. The molecule has 5 heteroatoms. The quantitative estimate of drug-likeness (QED) is 0.789. The Bertz CT molecular complexity index is 694. The molecule has 1 saturated heterocycles. The van der Waals surface area contributed by atoms with E-state index in [4.69, 9.17) is 4.74 Å². The van der Waals surface area contributed by atoms with Gasteiger partial charge in [-0.05, 0) is 43.1 Å². The second kappa shape index (κ2) is 7.47. The zero-order valence-corrected chi connectivity index (χ0v) is 13.7. The standard InChI is InChI=1S/C19H22N2O3/c1-24-14-10-8-13(9-11-14)18(22)15-5-2-3-6-16(15)21-19(23)17-7-4-12-20-17/h2-3,5-6,8-11,17-18,20,22H,4,7,12H2,1H3,(H,21,23)/t17-,18?/m0/s1.